The van der Waals surface area contributed by atoms with Crippen LogP contribution in [0, 0.1) is 0 Å². The minimum atomic E-state index is -0.566. The maximum absolute atomic E-state index is 12.5. The molecule has 0 spiro atoms. The molecule has 3 rings (SSSR count). The second-order valence-electron chi connectivity index (χ2n) is 7.04. The van der Waals surface area contributed by atoms with Crippen LogP contribution < -0.4 is 15.4 Å². The fraction of sp³-hybridized carbons (Fsp3) is 0.250. The van der Waals surface area contributed by atoms with Crippen molar-refractivity contribution in [2.45, 2.75) is 13.8 Å². The van der Waals surface area contributed by atoms with Crippen molar-refractivity contribution in [3.63, 3.8) is 0 Å². The summed E-state index contributed by atoms with van der Waals surface area (Å²) in [5.74, 6) is -0.691. The van der Waals surface area contributed by atoms with Gasteiger partial charge in [-0.1, -0.05) is 11.8 Å². The summed E-state index contributed by atoms with van der Waals surface area (Å²) in [5.41, 5.74) is 1.51. The highest BCUT2D eigenvalue weighted by molar-refractivity contribution is 8.04. The summed E-state index contributed by atoms with van der Waals surface area (Å²) in [7, 11) is 0. The molecule has 0 saturated carbocycles. The van der Waals surface area contributed by atoms with E-state index in [1.165, 1.54) is 22.7 Å². The van der Waals surface area contributed by atoms with Crippen LogP contribution in [0.1, 0.15) is 24.2 Å². The number of ether oxygens (including phenoxy) is 2. The summed E-state index contributed by atoms with van der Waals surface area (Å²) in [6.45, 7) is 4.12. The Balaban J connectivity index is 1.56. The molecule has 3 amide bonds. The number of hydrogen-bond acceptors (Lipinski definition) is 7. The highest BCUT2D eigenvalue weighted by Crippen LogP contribution is 2.28. The van der Waals surface area contributed by atoms with Gasteiger partial charge in [0.15, 0.2) is 0 Å². The van der Waals surface area contributed by atoms with Gasteiger partial charge in [-0.15, -0.1) is 0 Å². The largest absolute Gasteiger partial charge is 0.494 e. The van der Waals surface area contributed by atoms with E-state index < -0.39 is 11.9 Å². The van der Waals surface area contributed by atoms with Gasteiger partial charge in [0, 0.05) is 16.9 Å². The van der Waals surface area contributed by atoms with Gasteiger partial charge in [-0.25, -0.2) is 4.79 Å². The number of amides is 3. The maximum Gasteiger partial charge on any atom is 0.333 e. The van der Waals surface area contributed by atoms with Gasteiger partial charge in [0.1, 0.15) is 12.3 Å². The van der Waals surface area contributed by atoms with Crippen molar-refractivity contribution < 1.29 is 28.7 Å². The van der Waals surface area contributed by atoms with Crippen LogP contribution in [0.3, 0.4) is 0 Å². The third-order valence-electron chi connectivity index (χ3n) is 4.59. The lowest BCUT2D eigenvalue weighted by atomic mass is 10.2. The van der Waals surface area contributed by atoms with Crippen LogP contribution in [0.25, 0.3) is 0 Å². The Kier molecular flexibility index (Phi) is 8.69. The smallest absolute Gasteiger partial charge is 0.333 e. The predicted molar refractivity (Wildman–Crippen MR) is 130 cm³/mol. The molecule has 1 saturated heterocycles. The Morgan fingerprint density at radius 2 is 1.62 bits per heavy atom. The van der Waals surface area contributed by atoms with Gasteiger partial charge in [-0.3, -0.25) is 19.3 Å². The highest BCUT2D eigenvalue weighted by atomic mass is 32.2. The molecule has 0 radical (unpaired) electrons. The Hall–Kier alpha value is -3.79. The first-order valence-corrected chi connectivity index (χ1v) is 11.6. The molecule has 2 aromatic rings. The number of benzene rings is 2. The molecule has 2 N–H and O–H groups in total. The van der Waals surface area contributed by atoms with Crippen molar-refractivity contribution in [3.8, 4) is 5.75 Å². The van der Waals surface area contributed by atoms with Gasteiger partial charge in [-0.2, -0.15) is 0 Å². The van der Waals surface area contributed by atoms with E-state index in [0.29, 0.717) is 28.6 Å². The standard InChI is InChI=1S/C24H25N3O6S/c1-3-32-19-11-9-18(10-12-19)26-24(31)16-5-7-17(8-6-16)25-20(28)14-27-21(29)15-34-22(27)13-23(30)33-4-2/h5-13H,3-4,14-15H2,1-2H3,(H,25,28)(H,26,31)/b22-13-. The molecule has 178 valence electrons. The third kappa shape index (κ3) is 6.85. The van der Waals surface area contributed by atoms with Crippen LogP contribution in [-0.2, 0) is 19.1 Å². The van der Waals surface area contributed by atoms with E-state index in [2.05, 4.69) is 10.6 Å². The molecule has 1 aliphatic heterocycles. The quantitative estimate of drug-likeness (QED) is 0.416. The molecule has 0 unspecified atom stereocenters. The monoisotopic (exact) mass is 483 g/mol. The van der Waals surface area contributed by atoms with Crippen LogP contribution in [0.2, 0.25) is 0 Å². The number of nitrogens with zero attached hydrogens (tertiary/aromatic N) is 1. The molecule has 0 atom stereocenters. The first-order valence-electron chi connectivity index (χ1n) is 10.6. The lowest BCUT2D eigenvalue weighted by Crippen LogP contribution is -2.34. The fourth-order valence-electron chi connectivity index (χ4n) is 3.04. The van der Waals surface area contributed by atoms with Crippen molar-refractivity contribution in [1.29, 1.82) is 0 Å². The Morgan fingerprint density at radius 1 is 0.971 bits per heavy atom. The summed E-state index contributed by atoms with van der Waals surface area (Å²) in [6, 6.07) is 13.4. The molecule has 1 heterocycles. The SMILES string of the molecule is CCOC(=O)/C=C1\SCC(=O)N1CC(=O)Nc1ccc(C(=O)Nc2ccc(OCC)cc2)cc1. The molecular weight excluding hydrogens is 458 g/mol. The number of hydrogen-bond donors (Lipinski definition) is 2. The van der Waals surface area contributed by atoms with Crippen molar-refractivity contribution >= 4 is 46.8 Å². The number of anilines is 2. The second kappa shape index (κ2) is 11.9. The van der Waals surface area contributed by atoms with E-state index in [1.807, 2.05) is 6.92 Å². The summed E-state index contributed by atoms with van der Waals surface area (Å²) < 4.78 is 10.2. The Labute approximate surface area is 201 Å². The van der Waals surface area contributed by atoms with E-state index in [4.69, 9.17) is 9.47 Å². The molecule has 0 bridgehead atoms. The lowest BCUT2D eigenvalue weighted by molar-refractivity contribution is -0.137. The van der Waals surface area contributed by atoms with Crippen molar-refractivity contribution in [2.75, 3.05) is 36.1 Å². The van der Waals surface area contributed by atoms with E-state index in [0.717, 1.165) is 5.75 Å². The summed E-state index contributed by atoms with van der Waals surface area (Å²) in [5, 5.41) is 5.86. The molecule has 9 nitrogen and oxygen atoms in total. The summed E-state index contributed by atoms with van der Waals surface area (Å²) >= 11 is 1.18. The van der Waals surface area contributed by atoms with E-state index in [-0.39, 0.29) is 30.7 Å². The van der Waals surface area contributed by atoms with Gasteiger partial charge in [0.05, 0.1) is 30.1 Å². The predicted octanol–water partition coefficient (Wildman–Crippen LogP) is 3.26. The molecule has 34 heavy (non-hydrogen) atoms. The number of thioether (sulfide) groups is 1. The van der Waals surface area contributed by atoms with Crippen molar-refractivity contribution in [2.24, 2.45) is 0 Å². The molecule has 1 fully saturated rings. The van der Waals surface area contributed by atoms with Crippen LogP contribution in [0.4, 0.5) is 11.4 Å². The minimum Gasteiger partial charge on any atom is -0.494 e. The second-order valence-corrected chi connectivity index (χ2v) is 8.04. The lowest BCUT2D eigenvalue weighted by Gasteiger charge is -2.16. The zero-order valence-electron chi connectivity index (χ0n) is 18.8. The third-order valence-corrected chi connectivity index (χ3v) is 5.62. The first kappa shape index (κ1) is 24.8. The van der Waals surface area contributed by atoms with E-state index >= 15 is 0 Å². The zero-order valence-corrected chi connectivity index (χ0v) is 19.6. The number of nitrogens with one attached hydrogen (secondary N) is 2. The average molecular weight is 484 g/mol. The van der Waals surface area contributed by atoms with Gasteiger partial charge in [-0.05, 0) is 62.4 Å². The molecular formula is C24H25N3O6S. The molecule has 0 aromatic heterocycles. The molecule has 10 heteroatoms. The molecule has 0 aliphatic carbocycles. The Morgan fingerprint density at radius 3 is 2.26 bits per heavy atom. The minimum absolute atomic E-state index is 0.149. The van der Waals surface area contributed by atoms with Gasteiger partial charge in [0.25, 0.3) is 5.91 Å². The maximum atomic E-state index is 12.5. The van der Waals surface area contributed by atoms with Crippen molar-refractivity contribution in [1.82, 2.24) is 4.90 Å². The number of rotatable bonds is 9. The van der Waals surface area contributed by atoms with Gasteiger partial charge < -0.3 is 20.1 Å². The number of carbonyl (C=O) groups is 4. The topological polar surface area (TPSA) is 114 Å². The average Bonchev–Trinajstić information content (AvgIpc) is 3.14. The summed E-state index contributed by atoms with van der Waals surface area (Å²) in [6.07, 6.45) is 1.21. The van der Waals surface area contributed by atoms with E-state index in [9.17, 15) is 19.2 Å². The highest BCUT2D eigenvalue weighted by Gasteiger charge is 2.29. The van der Waals surface area contributed by atoms with E-state index in [1.54, 1.807) is 55.5 Å². The van der Waals surface area contributed by atoms with Crippen LogP contribution in [0.5, 0.6) is 5.75 Å². The van der Waals surface area contributed by atoms with Gasteiger partial charge >= 0.3 is 5.97 Å². The Bertz CT molecular complexity index is 1080. The summed E-state index contributed by atoms with van der Waals surface area (Å²) in [4.78, 5) is 50.0. The zero-order chi connectivity index (χ0) is 24.5. The van der Waals surface area contributed by atoms with Crippen LogP contribution in [0.15, 0.2) is 59.6 Å². The normalized spacial score (nSPS) is 14.1. The molecule has 2 aromatic carbocycles. The van der Waals surface area contributed by atoms with Crippen LogP contribution in [-0.4, -0.2) is 54.1 Å². The number of carbonyl (C=O) groups excluding carboxylic acids is 4. The number of esters is 1. The fourth-order valence-corrected chi connectivity index (χ4v) is 3.97. The van der Waals surface area contributed by atoms with Gasteiger partial charge in [0.2, 0.25) is 11.8 Å². The van der Waals surface area contributed by atoms with Crippen molar-refractivity contribution in [3.05, 3.63) is 65.2 Å². The van der Waals surface area contributed by atoms with Crippen LogP contribution >= 0.6 is 11.8 Å². The first-order chi connectivity index (χ1) is 16.4. The molecule has 1 aliphatic rings.